The number of rotatable bonds is 4. The molecule has 0 aliphatic carbocycles. The second kappa shape index (κ2) is 7.25. The Hall–Kier alpha value is -2.39. The summed E-state index contributed by atoms with van der Waals surface area (Å²) in [5, 5.41) is 4.45. The molecule has 0 aliphatic heterocycles. The number of nitrogens with one attached hydrogen (secondary N) is 1. The summed E-state index contributed by atoms with van der Waals surface area (Å²) in [6.07, 6.45) is 0. The van der Waals surface area contributed by atoms with Gasteiger partial charge in [-0.05, 0) is 47.9 Å². The monoisotopic (exact) mass is 364 g/mol. The van der Waals surface area contributed by atoms with Crippen molar-refractivity contribution in [2.75, 3.05) is 5.43 Å². The topological polar surface area (TPSA) is 24.4 Å². The third-order valence-corrected chi connectivity index (χ3v) is 4.14. The zero-order valence-corrected chi connectivity index (χ0v) is 14.4. The van der Waals surface area contributed by atoms with Crippen LogP contribution in [0.25, 0.3) is 11.1 Å². The van der Waals surface area contributed by atoms with E-state index in [4.69, 9.17) is 0 Å². The summed E-state index contributed by atoms with van der Waals surface area (Å²) < 4.78 is 1.06. The SMILES string of the molecule is C/C(=N/Nc1ccc(Br)cc1)c1ccc(-c2ccccc2)cc1. The molecule has 2 nitrogen and oxygen atoms in total. The van der Waals surface area contributed by atoms with Crippen LogP contribution in [0.1, 0.15) is 12.5 Å². The Morgan fingerprint density at radius 2 is 1.39 bits per heavy atom. The molecule has 0 fully saturated rings. The number of nitrogens with zero attached hydrogens (tertiary/aromatic N) is 1. The molecule has 0 saturated heterocycles. The molecular formula is C20H17BrN2. The third kappa shape index (κ3) is 4.08. The van der Waals surface area contributed by atoms with Crippen molar-refractivity contribution in [2.45, 2.75) is 6.92 Å². The quantitative estimate of drug-likeness (QED) is 0.448. The highest BCUT2D eigenvalue weighted by molar-refractivity contribution is 9.10. The van der Waals surface area contributed by atoms with Gasteiger partial charge in [-0.3, -0.25) is 5.43 Å². The lowest BCUT2D eigenvalue weighted by Crippen LogP contribution is -1.99. The molecule has 0 heterocycles. The van der Waals surface area contributed by atoms with Gasteiger partial charge in [-0.1, -0.05) is 70.5 Å². The molecule has 114 valence electrons. The second-order valence-electron chi connectivity index (χ2n) is 5.26. The van der Waals surface area contributed by atoms with Gasteiger partial charge in [-0.2, -0.15) is 5.10 Å². The Balaban J connectivity index is 1.73. The number of halogens is 1. The van der Waals surface area contributed by atoms with Crippen molar-refractivity contribution in [1.29, 1.82) is 0 Å². The van der Waals surface area contributed by atoms with Crippen molar-refractivity contribution in [1.82, 2.24) is 0 Å². The summed E-state index contributed by atoms with van der Waals surface area (Å²) >= 11 is 3.42. The van der Waals surface area contributed by atoms with Crippen LogP contribution >= 0.6 is 15.9 Å². The molecule has 0 unspecified atom stereocenters. The van der Waals surface area contributed by atoms with Crippen molar-refractivity contribution in [3.63, 3.8) is 0 Å². The van der Waals surface area contributed by atoms with Gasteiger partial charge in [0.15, 0.2) is 0 Å². The Morgan fingerprint density at radius 3 is 2.04 bits per heavy atom. The third-order valence-electron chi connectivity index (χ3n) is 3.61. The average Bonchev–Trinajstić information content (AvgIpc) is 2.62. The van der Waals surface area contributed by atoms with Crippen molar-refractivity contribution >= 4 is 27.3 Å². The molecule has 0 bridgehead atoms. The van der Waals surface area contributed by atoms with Gasteiger partial charge in [-0.15, -0.1) is 0 Å². The van der Waals surface area contributed by atoms with Gasteiger partial charge in [0.2, 0.25) is 0 Å². The average molecular weight is 365 g/mol. The highest BCUT2D eigenvalue weighted by Gasteiger charge is 2.00. The van der Waals surface area contributed by atoms with E-state index in [1.54, 1.807) is 0 Å². The van der Waals surface area contributed by atoms with Gasteiger partial charge < -0.3 is 0 Å². The molecule has 3 rings (SSSR count). The summed E-state index contributed by atoms with van der Waals surface area (Å²) in [6, 6.07) is 26.8. The molecule has 1 N–H and O–H groups in total. The molecule has 0 saturated carbocycles. The van der Waals surface area contributed by atoms with Crippen LogP contribution in [0.5, 0.6) is 0 Å². The predicted molar refractivity (Wildman–Crippen MR) is 102 cm³/mol. The van der Waals surface area contributed by atoms with Crippen LogP contribution in [-0.2, 0) is 0 Å². The first-order valence-corrected chi connectivity index (χ1v) is 8.23. The highest BCUT2D eigenvalue weighted by Crippen LogP contribution is 2.19. The molecular weight excluding hydrogens is 348 g/mol. The summed E-state index contributed by atoms with van der Waals surface area (Å²) in [7, 11) is 0. The number of benzene rings is 3. The molecule has 0 radical (unpaired) electrons. The van der Waals surface area contributed by atoms with Crippen LogP contribution in [0.4, 0.5) is 5.69 Å². The van der Waals surface area contributed by atoms with Crippen LogP contribution in [0.2, 0.25) is 0 Å². The van der Waals surface area contributed by atoms with Crippen LogP contribution in [0.15, 0.2) is 88.4 Å². The number of hydrogen-bond acceptors (Lipinski definition) is 2. The summed E-state index contributed by atoms with van der Waals surface area (Å²) in [5.74, 6) is 0. The van der Waals surface area contributed by atoms with E-state index < -0.39 is 0 Å². The standard InChI is InChI=1S/C20H17BrN2/c1-15(22-23-20-13-11-19(21)12-14-20)16-7-9-18(10-8-16)17-5-3-2-4-6-17/h2-14,23H,1H3/b22-15-. The lowest BCUT2D eigenvalue weighted by molar-refractivity contribution is 1.32. The highest BCUT2D eigenvalue weighted by atomic mass is 79.9. The van der Waals surface area contributed by atoms with Crippen molar-refractivity contribution < 1.29 is 0 Å². The van der Waals surface area contributed by atoms with Gasteiger partial charge >= 0.3 is 0 Å². The molecule has 23 heavy (non-hydrogen) atoms. The molecule has 3 aromatic carbocycles. The lowest BCUT2D eigenvalue weighted by Gasteiger charge is -2.06. The van der Waals surface area contributed by atoms with E-state index in [-0.39, 0.29) is 0 Å². The minimum Gasteiger partial charge on any atom is -0.278 e. The second-order valence-corrected chi connectivity index (χ2v) is 6.17. The maximum atomic E-state index is 4.45. The molecule has 0 aromatic heterocycles. The zero-order valence-electron chi connectivity index (χ0n) is 12.8. The molecule has 0 amide bonds. The largest absolute Gasteiger partial charge is 0.278 e. The Morgan fingerprint density at radius 1 is 0.783 bits per heavy atom. The van der Waals surface area contributed by atoms with Gasteiger partial charge in [0, 0.05) is 4.47 Å². The van der Waals surface area contributed by atoms with Crippen LogP contribution < -0.4 is 5.43 Å². The normalized spacial score (nSPS) is 11.3. The lowest BCUT2D eigenvalue weighted by atomic mass is 10.0. The fourth-order valence-electron chi connectivity index (χ4n) is 2.27. The van der Waals surface area contributed by atoms with Crippen molar-refractivity contribution in [3.8, 4) is 11.1 Å². The van der Waals surface area contributed by atoms with E-state index >= 15 is 0 Å². The Bertz CT molecular complexity index is 791. The fourth-order valence-corrected chi connectivity index (χ4v) is 2.54. The van der Waals surface area contributed by atoms with Gasteiger partial charge in [-0.25, -0.2) is 0 Å². The summed E-state index contributed by atoms with van der Waals surface area (Å²) in [4.78, 5) is 0. The summed E-state index contributed by atoms with van der Waals surface area (Å²) in [5.41, 5.74) is 8.54. The van der Waals surface area contributed by atoms with Crippen molar-refractivity contribution in [2.24, 2.45) is 5.10 Å². The minimum atomic E-state index is 0.951. The van der Waals surface area contributed by atoms with E-state index in [0.29, 0.717) is 0 Å². The predicted octanol–water partition coefficient (Wildman–Crippen LogP) is 5.95. The van der Waals surface area contributed by atoms with E-state index in [2.05, 4.69) is 75.0 Å². The van der Waals surface area contributed by atoms with Crippen molar-refractivity contribution in [3.05, 3.63) is 88.9 Å². The smallest absolute Gasteiger partial charge is 0.0648 e. The number of hydrazone groups is 1. The van der Waals surface area contributed by atoms with Crippen LogP contribution in [0, 0.1) is 0 Å². The molecule has 0 spiro atoms. The van der Waals surface area contributed by atoms with E-state index in [1.807, 2.05) is 37.3 Å². The number of anilines is 1. The van der Waals surface area contributed by atoms with Crippen LogP contribution in [-0.4, -0.2) is 5.71 Å². The maximum Gasteiger partial charge on any atom is 0.0648 e. The first-order chi connectivity index (χ1) is 11.2. The maximum absolute atomic E-state index is 4.45. The Kier molecular flexibility index (Phi) is 4.89. The van der Waals surface area contributed by atoms with Gasteiger partial charge in [0.05, 0.1) is 11.4 Å². The molecule has 0 aliphatic rings. The molecule has 3 aromatic rings. The Labute approximate surface area is 145 Å². The number of hydrogen-bond donors (Lipinski definition) is 1. The first-order valence-electron chi connectivity index (χ1n) is 7.44. The van der Waals surface area contributed by atoms with Gasteiger partial charge in [0.25, 0.3) is 0 Å². The zero-order chi connectivity index (χ0) is 16.1. The first kappa shape index (κ1) is 15.5. The molecule has 0 atom stereocenters. The fraction of sp³-hybridized carbons (Fsp3) is 0.0500. The van der Waals surface area contributed by atoms with E-state index in [9.17, 15) is 0 Å². The van der Waals surface area contributed by atoms with Crippen LogP contribution in [0.3, 0.4) is 0 Å². The molecule has 3 heteroatoms. The van der Waals surface area contributed by atoms with E-state index in [0.717, 1.165) is 21.4 Å². The van der Waals surface area contributed by atoms with Gasteiger partial charge in [0.1, 0.15) is 0 Å². The van der Waals surface area contributed by atoms with E-state index in [1.165, 1.54) is 11.1 Å². The minimum absolute atomic E-state index is 0.951. The summed E-state index contributed by atoms with van der Waals surface area (Å²) in [6.45, 7) is 2.00.